The quantitative estimate of drug-likeness (QED) is 0.468. The second-order valence-corrected chi connectivity index (χ2v) is 3.51. The molecule has 0 heterocycles. The van der Waals surface area contributed by atoms with E-state index in [1.807, 2.05) is 0 Å². The first-order valence-corrected chi connectivity index (χ1v) is 4.60. The fraction of sp³-hybridized carbons (Fsp3) is 0.250. The molecule has 0 amide bonds. The van der Waals surface area contributed by atoms with E-state index in [0.717, 1.165) is 0 Å². The van der Waals surface area contributed by atoms with Crippen LogP contribution in [0.25, 0.3) is 0 Å². The van der Waals surface area contributed by atoms with Gasteiger partial charge in [-0.25, -0.2) is 0 Å². The molecular formula is C8H2ClF6NO3. The predicted octanol–water partition coefficient (Wildman–Crippen LogP) is 4.17. The van der Waals surface area contributed by atoms with Gasteiger partial charge in [0.2, 0.25) is 0 Å². The molecule has 0 bridgehead atoms. The van der Waals surface area contributed by atoms with Gasteiger partial charge in [0, 0.05) is 6.07 Å². The summed E-state index contributed by atoms with van der Waals surface area (Å²) in [6.45, 7) is 0. The zero-order chi connectivity index (χ0) is 15.0. The molecule has 0 radical (unpaired) electrons. The van der Waals surface area contributed by atoms with Crippen LogP contribution in [0.5, 0.6) is 5.75 Å². The van der Waals surface area contributed by atoms with Crippen LogP contribution in [0, 0.1) is 10.1 Å². The van der Waals surface area contributed by atoms with E-state index in [2.05, 4.69) is 4.74 Å². The second-order valence-electron chi connectivity index (χ2n) is 3.10. The Morgan fingerprint density at radius 1 is 1.16 bits per heavy atom. The summed E-state index contributed by atoms with van der Waals surface area (Å²) in [5.41, 5.74) is -3.46. The molecule has 0 fully saturated rings. The first kappa shape index (κ1) is 15.3. The number of nitrogens with zero attached hydrogens (tertiary/aromatic N) is 1. The summed E-state index contributed by atoms with van der Waals surface area (Å²) in [6.07, 6.45) is -10.4. The molecule has 1 aromatic rings. The van der Waals surface area contributed by atoms with Crippen LogP contribution in [0.15, 0.2) is 12.1 Å². The number of rotatable bonds is 2. The number of halogens is 7. The maximum Gasteiger partial charge on any atom is 0.573 e. The second kappa shape index (κ2) is 4.76. The molecule has 0 saturated carbocycles. The highest BCUT2D eigenvalue weighted by molar-refractivity contribution is 6.31. The molecule has 4 nitrogen and oxygen atoms in total. The molecule has 1 aromatic carbocycles. The van der Waals surface area contributed by atoms with Gasteiger partial charge in [0.15, 0.2) is 5.56 Å². The van der Waals surface area contributed by atoms with Crippen LogP contribution < -0.4 is 4.74 Å². The summed E-state index contributed by atoms with van der Waals surface area (Å²) < 4.78 is 76.4. The van der Waals surface area contributed by atoms with E-state index in [1.54, 1.807) is 0 Å². The highest BCUT2D eigenvalue weighted by atomic mass is 35.5. The lowest BCUT2D eigenvalue weighted by atomic mass is 10.1. The van der Waals surface area contributed by atoms with Crippen LogP contribution >= 0.6 is 11.6 Å². The van der Waals surface area contributed by atoms with E-state index < -0.39 is 39.5 Å². The van der Waals surface area contributed by atoms with Gasteiger partial charge in [-0.2, -0.15) is 13.2 Å². The van der Waals surface area contributed by atoms with Crippen LogP contribution in [-0.4, -0.2) is 11.3 Å². The summed E-state index contributed by atoms with van der Waals surface area (Å²) in [5, 5.41) is 9.19. The van der Waals surface area contributed by atoms with E-state index in [4.69, 9.17) is 11.6 Å². The van der Waals surface area contributed by atoms with Gasteiger partial charge in [-0.1, -0.05) is 11.6 Å². The molecule has 0 N–H and O–H groups in total. The Morgan fingerprint density at radius 2 is 1.68 bits per heavy atom. The van der Waals surface area contributed by atoms with Crippen molar-refractivity contribution < 1.29 is 36.0 Å². The molecule has 0 spiro atoms. The molecule has 0 aromatic heterocycles. The van der Waals surface area contributed by atoms with Crippen LogP contribution in [-0.2, 0) is 6.18 Å². The lowest BCUT2D eigenvalue weighted by molar-refractivity contribution is -0.388. The predicted molar refractivity (Wildman–Crippen MR) is 49.8 cm³/mol. The van der Waals surface area contributed by atoms with E-state index in [-0.39, 0.29) is 12.1 Å². The van der Waals surface area contributed by atoms with Gasteiger partial charge in [-0.05, 0) is 0 Å². The molecule has 1 rings (SSSR count). The van der Waals surface area contributed by atoms with Gasteiger partial charge < -0.3 is 4.74 Å². The fourth-order valence-electron chi connectivity index (χ4n) is 1.19. The summed E-state index contributed by atoms with van der Waals surface area (Å²) in [5.74, 6) is -1.21. The van der Waals surface area contributed by atoms with Crippen molar-refractivity contribution in [2.24, 2.45) is 0 Å². The number of benzene rings is 1. The minimum Gasteiger partial charge on any atom is -0.405 e. The minimum atomic E-state index is -5.21. The van der Waals surface area contributed by atoms with Gasteiger partial charge in [-0.15, -0.1) is 13.2 Å². The summed E-state index contributed by atoms with van der Waals surface area (Å²) in [6, 6.07) is 0.201. The van der Waals surface area contributed by atoms with E-state index >= 15 is 0 Å². The average molecular weight is 310 g/mol. The Kier molecular flexibility index (Phi) is 3.84. The SMILES string of the molecule is O=[N+]([O-])c1cc(OC(F)(F)F)cc(Cl)c1C(F)(F)F. The van der Waals surface area contributed by atoms with Crippen molar-refractivity contribution in [2.45, 2.75) is 12.5 Å². The van der Waals surface area contributed by atoms with Crippen molar-refractivity contribution >= 4 is 17.3 Å². The van der Waals surface area contributed by atoms with Gasteiger partial charge in [0.25, 0.3) is 5.69 Å². The number of hydrogen-bond acceptors (Lipinski definition) is 3. The molecule has 0 aliphatic rings. The highest BCUT2D eigenvalue weighted by Gasteiger charge is 2.42. The molecule has 0 aliphatic carbocycles. The third-order valence-corrected chi connectivity index (χ3v) is 2.05. The lowest BCUT2D eigenvalue weighted by Crippen LogP contribution is -2.18. The highest BCUT2D eigenvalue weighted by Crippen LogP contribution is 2.43. The van der Waals surface area contributed by atoms with Crippen LogP contribution in [0.4, 0.5) is 32.0 Å². The molecule has 106 valence electrons. The molecule has 0 atom stereocenters. The number of nitro benzene ring substituents is 1. The standard InChI is InChI=1S/C8H2ClF6NO3/c9-4-1-3(19-8(13,14)15)2-5(16(17)18)6(4)7(10,11)12/h1-2H. The molecular weight excluding hydrogens is 308 g/mol. The van der Waals surface area contributed by atoms with Crippen molar-refractivity contribution in [1.29, 1.82) is 0 Å². The summed E-state index contributed by atoms with van der Waals surface area (Å²) in [7, 11) is 0. The van der Waals surface area contributed by atoms with Crippen LogP contribution in [0.3, 0.4) is 0 Å². The largest absolute Gasteiger partial charge is 0.573 e. The molecule has 0 aliphatic heterocycles. The summed E-state index contributed by atoms with van der Waals surface area (Å²) in [4.78, 5) is 8.95. The maximum absolute atomic E-state index is 12.5. The lowest BCUT2D eigenvalue weighted by Gasteiger charge is -2.13. The minimum absolute atomic E-state index is 0.00218. The monoisotopic (exact) mass is 309 g/mol. The fourth-order valence-corrected chi connectivity index (χ4v) is 1.50. The normalized spacial score (nSPS) is 12.4. The van der Waals surface area contributed by atoms with E-state index in [1.165, 1.54) is 0 Å². The number of nitro groups is 1. The Labute approximate surface area is 105 Å². The van der Waals surface area contributed by atoms with Crippen molar-refractivity contribution in [1.82, 2.24) is 0 Å². The van der Waals surface area contributed by atoms with Gasteiger partial charge in [0.05, 0.1) is 16.0 Å². The number of alkyl halides is 6. The van der Waals surface area contributed by atoms with Gasteiger partial charge in [-0.3, -0.25) is 10.1 Å². The third-order valence-electron chi connectivity index (χ3n) is 1.76. The molecule has 0 saturated heterocycles. The Hall–Kier alpha value is -1.71. The van der Waals surface area contributed by atoms with Crippen molar-refractivity contribution in [2.75, 3.05) is 0 Å². The van der Waals surface area contributed by atoms with Gasteiger partial charge in [0.1, 0.15) is 5.75 Å². The Morgan fingerprint density at radius 3 is 2.05 bits per heavy atom. The maximum atomic E-state index is 12.5. The van der Waals surface area contributed by atoms with Crippen molar-refractivity contribution in [3.8, 4) is 5.75 Å². The molecule has 0 unspecified atom stereocenters. The van der Waals surface area contributed by atoms with Gasteiger partial charge >= 0.3 is 12.5 Å². The zero-order valence-electron chi connectivity index (χ0n) is 8.47. The molecule has 19 heavy (non-hydrogen) atoms. The molecule has 11 heteroatoms. The average Bonchev–Trinajstić information content (AvgIpc) is 2.10. The Bertz CT molecular complexity index is 512. The van der Waals surface area contributed by atoms with Crippen molar-refractivity contribution in [3.05, 3.63) is 32.8 Å². The summed E-state index contributed by atoms with van der Waals surface area (Å²) >= 11 is 5.12. The van der Waals surface area contributed by atoms with Crippen LogP contribution in [0.2, 0.25) is 5.02 Å². The zero-order valence-corrected chi connectivity index (χ0v) is 9.23. The smallest absolute Gasteiger partial charge is 0.405 e. The first-order chi connectivity index (χ1) is 8.42. The third kappa shape index (κ3) is 3.88. The number of hydrogen-bond donors (Lipinski definition) is 0. The van der Waals surface area contributed by atoms with E-state index in [9.17, 15) is 36.5 Å². The van der Waals surface area contributed by atoms with E-state index in [0.29, 0.717) is 0 Å². The van der Waals surface area contributed by atoms with Crippen molar-refractivity contribution in [3.63, 3.8) is 0 Å². The number of ether oxygens (including phenoxy) is 1. The first-order valence-electron chi connectivity index (χ1n) is 4.22. The topological polar surface area (TPSA) is 52.4 Å². The Balaban J connectivity index is 3.43. The van der Waals surface area contributed by atoms with Crippen LogP contribution in [0.1, 0.15) is 5.56 Å².